The van der Waals surface area contributed by atoms with E-state index < -0.39 is 0 Å². The van der Waals surface area contributed by atoms with Gasteiger partial charge in [-0.1, -0.05) is 25.7 Å². The molecule has 0 heterocycles. The Morgan fingerprint density at radius 2 is 1.72 bits per heavy atom. The average molecular weight is 469 g/mol. The third-order valence-corrected chi connectivity index (χ3v) is 4.32. The topological polar surface area (TPSA) is 72.0 Å². The standard InChI is InChI=1S/C18H35N3O3.HI/c1-19-18(20-13-8-4-7-12-17(22)23-2)21-14-9-15-24-16-10-5-3-6-11-16;/h16H,3-15H2,1-2H3,(H2,19,20,21);1H. The second-order valence-electron chi connectivity index (χ2n) is 6.30. The number of guanidine groups is 1. The van der Waals surface area contributed by atoms with Gasteiger partial charge in [0.05, 0.1) is 13.2 Å². The van der Waals surface area contributed by atoms with E-state index in [1.165, 1.54) is 39.2 Å². The predicted octanol–water partition coefficient (Wildman–Crippen LogP) is 3.24. The van der Waals surface area contributed by atoms with Crippen molar-refractivity contribution >= 4 is 35.9 Å². The van der Waals surface area contributed by atoms with Gasteiger partial charge in [0.25, 0.3) is 0 Å². The third-order valence-electron chi connectivity index (χ3n) is 4.32. The van der Waals surface area contributed by atoms with Gasteiger partial charge in [-0.3, -0.25) is 9.79 Å². The predicted molar refractivity (Wildman–Crippen MR) is 113 cm³/mol. The summed E-state index contributed by atoms with van der Waals surface area (Å²) in [5.41, 5.74) is 0. The van der Waals surface area contributed by atoms with Crippen LogP contribution in [-0.2, 0) is 14.3 Å². The number of ether oxygens (including phenoxy) is 2. The molecule has 0 atom stereocenters. The van der Waals surface area contributed by atoms with Crippen LogP contribution in [0.5, 0.6) is 0 Å². The van der Waals surface area contributed by atoms with Crippen LogP contribution in [0, 0.1) is 0 Å². The third kappa shape index (κ3) is 13.3. The summed E-state index contributed by atoms with van der Waals surface area (Å²) < 4.78 is 10.5. The Labute approximate surface area is 169 Å². The molecule has 0 saturated heterocycles. The zero-order chi connectivity index (χ0) is 17.5. The van der Waals surface area contributed by atoms with Crippen molar-refractivity contribution < 1.29 is 14.3 Å². The van der Waals surface area contributed by atoms with Gasteiger partial charge in [-0.2, -0.15) is 0 Å². The van der Waals surface area contributed by atoms with Crippen molar-refractivity contribution in [3.05, 3.63) is 0 Å². The van der Waals surface area contributed by atoms with Gasteiger partial charge in [-0.25, -0.2) is 0 Å². The Morgan fingerprint density at radius 3 is 2.36 bits per heavy atom. The number of carbonyl (C=O) groups is 1. The van der Waals surface area contributed by atoms with Crippen molar-refractivity contribution in [1.29, 1.82) is 0 Å². The van der Waals surface area contributed by atoms with Crippen molar-refractivity contribution in [3.63, 3.8) is 0 Å². The molecule has 7 heteroatoms. The van der Waals surface area contributed by atoms with Crippen molar-refractivity contribution in [3.8, 4) is 0 Å². The van der Waals surface area contributed by atoms with Crippen LogP contribution in [-0.4, -0.2) is 51.9 Å². The minimum atomic E-state index is -0.129. The molecule has 1 fully saturated rings. The molecule has 1 aliphatic carbocycles. The zero-order valence-corrected chi connectivity index (χ0v) is 18.2. The van der Waals surface area contributed by atoms with Gasteiger partial charge in [-0.15, -0.1) is 24.0 Å². The number of nitrogens with zero attached hydrogens (tertiary/aromatic N) is 1. The van der Waals surface area contributed by atoms with Crippen molar-refractivity contribution in [2.75, 3.05) is 33.9 Å². The molecule has 1 saturated carbocycles. The quantitative estimate of drug-likeness (QED) is 0.160. The molecule has 2 N–H and O–H groups in total. The largest absolute Gasteiger partial charge is 0.469 e. The second-order valence-corrected chi connectivity index (χ2v) is 6.30. The van der Waals surface area contributed by atoms with E-state index in [2.05, 4.69) is 20.4 Å². The summed E-state index contributed by atoms with van der Waals surface area (Å²) in [4.78, 5) is 15.2. The summed E-state index contributed by atoms with van der Waals surface area (Å²) >= 11 is 0. The highest BCUT2D eigenvalue weighted by atomic mass is 127. The number of methoxy groups -OCH3 is 1. The minimum Gasteiger partial charge on any atom is -0.469 e. The molecular formula is C18H36IN3O3. The Balaban J connectivity index is 0.00000576. The van der Waals surface area contributed by atoms with Gasteiger partial charge in [-0.05, 0) is 32.1 Å². The van der Waals surface area contributed by atoms with Crippen LogP contribution in [0.3, 0.4) is 0 Å². The molecular weight excluding hydrogens is 433 g/mol. The molecule has 0 aromatic heterocycles. The minimum absolute atomic E-state index is 0. The van der Waals surface area contributed by atoms with Crippen LogP contribution in [0.1, 0.15) is 64.2 Å². The van der Waals surface area contributed by atoms with E-state index in [4.69, 9.17) is 4.74 Å². The first kappa shape index (κ1) is 24.4. The van der Waals surface area contributed by atoms with E-state index in [0.717, 1.165) is 51.3 Å². The Bertz CT molecular complexity index is 361. The molecule has 0 aliphatic heterocycles. The first-order chi connectivity index (χ1) is 11.8. The van der Waals surface area contributed by atoms with E-state index in [1.54, 1.807) is 7.05 Å². The van der Waals surface area contributed by atoms with E-state index in [0.29, 0.717) is 12.5 Å². The number of carbonyl (C=O) groups excluding carboxylic acids is 1. The van der Waals surface area contributed by atoms with Gasteiger partial charge >= 0.3 is 5.97 Å². The van der Waals surface area contributed by atoms with Crippen LogP contribution in [0.4, 0.5) is 0 Å². The first-order valence-corrected chi connectivity index (χ1v) is 9.39. The van der Waals surface area contributed by atoms with Crippen molar-refractivity contribution in [2.24, 2.45) is 4.99 Å². The van der Waals surface area contributed by atoms with E-state index in [-0.39, 0.29) is 29.9 Å². The molecule has 1 aliphatic rings. The molecule has 6 nitrogen and oxygen atoms in total. The number of rotatable bonds is 11. The summed E-state index contributed by atoms with van der Waals surface area (Å²) in [7, 11) is 3.21. The fourth-order valence-electron chi connectivity index (χ4n) is 2.86. The van der Waals surface area contributed by atoms with Crippen LogP contribution in [0.15, 0.2) is 4.99 Å². The molecule has 0 bridgehead atoms. The lowest BCUT2D eigenvalue weighted by Gasteiger charge is -2.22. The molecule has 0 unspecified atom stereocenters. The van der Waals surface area contributed by atoms with Crippen LogP contribution < -0.4 is 10.6 Å². The molecule has 0 aromatic carbocycles. The molecule has 1 rings (SSSR count). The van der Waals surface area contributed by atoms with E-state index in [1.807, 2.05) is 0 Å². The molecule has 25 heavy (non-hydrogen) atoms. The van der Waals surface area contributed by atoms with E-state index in [9.17, 15) is 4.79 Å². The Kier molecular flexibility index (Phi) is 16.5. The zero-order valence-electron chi connectivity index (χ0n) is 15.8. The molecule has 148 valence electrons. The summed E-state index contributed by atoms with van der Waals surface area (Å²) in [5, 5.41) is 6.60. The fraction of sp³-hybridized carbons (Fsp3) is 0.889. The van der Waals surface area contributed by atoms with Crippen LogP contribution >= 0.6 is 24.0 Å². The maximum atomic E-state index is 11.0. The van der Waals surface area contributed by atoms with Gasteiger partial charge in [0.15, 0.2) is 5.96 Å². The SMILES string of the molecule is CN=C(NCCCCCC(=O)OC)NCCCOC1CCCCC1.I. The van der Waals surface area contributed by atoms with E-state index >= 15 is 0 Å². The summed E-state index contributed by atoms with van der Waals surface area (Å²) in [6, 6.07) is 0. The first-order valence-electron chi connectivity index (χ1n) is 9.39. The highest BCUT2D eigenvalue weighted by Crippen LogP contribution is 2.20. The summed E-state index contributed by atoms with van der Waals surface area (Å²) in [6.07, 6.45) is 11.3. The average Bonchev–Trinajstić information content (AvgIpc) is 2.63. The monoisotopic (exact) mass is 469 g/mol. The Morgan fingerprint density at radius 1 is 1.04 bits per heavy atom. The van der Waals surface area contributed by atoms with Crippen molar-refractivity contribution in [2.45, 2.75) is 70.3 Å². The highest BCUT2D eigenvalue weighted by Gasteiger charge is 2.12. The second kappa shape index (κ2) is 16.9. The molecule has 0 radical (unpaired) electrons. The Hall–Kier alpha value is -0.570. The number of nitrogens with one attached hydrogen (secondary N) is 2. The number of hydrogen-bond donors (Lipinski definition) is 2. The lowest BCUT2D eigenvalue weighted by molar-refractivity contribution is -0.140. The molecule has 0 aromatic rings. The molecule has 0 amide bonds. The van der Waals surface area contributed by atoms with Gasteiger partial charge in [0.2, 0.25) is 0 Å². The van der Waals surface area contributed by atoms with Gasteiger partial charge in [0, 0.05) is 33.2 Å². The summed E-state index contributed by atoms with van der Waals surface area (Å²) in [6.45, 7) is 2.55. The lowest BCUT2D eigenvalue weighted by Crippen LogP contribution is -2.38. The number of hydrogen-bond acceptors (Lipinski definition) is 4. The molecule has 0 spiro atoms. The van der Waals surface area contributed by atoms with Crippen molar-refractivity contribution in [1.82, 2.24) is 10.6 Å². The van der Waals surface area contributed by atoms with Crippen LogP contribution in [0.25, 0.3) is 0 Å². The summed E-state index contributed by atoms with van der Waals surface area (Å²) in [5.74, 6) is 0.705. The maximum absolute atomic E-state index is 11.0. The number of unbranched alkanes of at least 4 members (excludes halogenated alkanes) is 2. The number of aliphatic imine (C=N–C) groups is 1. The lowest BCUT2D eigenvalue weighted by atomic mass is 9.98. The fourth-order valence-corrected chi connectivity index (χ4v) is 2.86. The highest BCUT2D eigenvalue weighted by molar-refractivity contribution is 14.0. The number of halogens is 1. The van der Waals surface area contributed by atoms with Crippen LogP contribution in [0.2, 0.25) is 0 Å². The van der Waals surface area contributed by atoms with Gasteiger partial charge < -0.3 is 20.1 Å². The smallest absolute Gasteiger partial charge is 0.305 e. The normalized spacial score (nSPS) is 15.4. The number of esters is 1. The van der Waals surface area contributed by atoms with Gasteiger partial charge in [0.1, 0.15) is 0 Å². The maximum Gasteiger partial charge on any atom is 0.305 e.